The SMILES string of the molecule is CCOC(=O)C1=C(C)NC(=S)N[C@H]1c1ccccc1OCC(=O)NN=Cc1ccc(-c2ccc([N+](=O)[O-])cc2Br)o1. The van der Waals surface area contributed by atoms with Crippen molar-refractivity contribution >= 4 is 57.0 Å². The molecule has 14 heteroatoms. The standard InChI is InChI=1S/C27H24BrN5O7S/c1-3-38-26(35)24-15(2)30-27(41)31-25(24)19-6-4-5-7-21(19)39-14-23(34)32-29-13-17-9-11-22(40-17)18-10-8-16(33(36)37)12-20(18)28/h4-13,25H,3,14H2,1-2H3,(H,32,34)(H2,30,31,41)/t25-/m0/s1. The average Bonchev–Trinajstić information content (AvgIpc) is 3.40. The van der Waals surface area contributed by atoms with Crippen LogP contribution in [-0.4, -0.2) is 41.3 Å². The summed E-state index contributed by atoms with van der Waals surface area (Å²) in [4.78, 5) is 35.6. The number of carbonyl (C=O) groups is 2. The van der Waals surface area contributed by atoms with Gasteiger partial charge in [0.15, 0.2) is 11.7 Å². The number of para-hydroxylation sites is 1. The number of non-ortho nitro benzene ring substituents is 1. The van der Waals surface area contributed by atoms with Gasteiger partial charge in [0.05, 0.1) is 29.4 Å². The molecule has 2 aromatic carbocycles. The van der Waals surface area contributed by atoms with Gasteiger partial charge in [0, 0.05) is 33.4 Å². The minimum atomic E-state index is -0.649. The molecule has 0 saturated carbocycles. The summed E-state index contributed by atoms with van der Waals surface area (Å²) < 4.78 is 17.2. The Labute approximate surface area is 248 Å². The Morgan fingerprint density at radius 1 is 1.24 bits per heavy atom. The Morgan fingerprint density at radius 2 is 2.02 bits per heavy atom. The van der Waals surface area contributed by atoms with E-state index in [9.17, 15) is 19.7 Å². The van der Waals surface area contributed by atoms with Gasteiger partial charge in [-0.3, -0.25) is 14.9 Å². The number of halogens is 1. The molecule has 1 aliphatic heterocycles. The number of nitrogens with one attached hydrogen (secondary N) is 3. The topological polar surface area (TPSA) is 157 Å². The van der Waals surface area contributed by atoms with Gasteiger partial charge in [-0.25, -0.2) is 10.2 Å². The number of esters is 1. The molecular formula is C27H24BrN5O7S. The molecular weight excluding hydrogens is 618 g/mol. The third kappa shape index (κ3) is 7.15. The molecule has 1 aromatic heterocycles. The number of ether oxygens (including phenoxy) is 2. The zero-order chi connectivity index (χ0) is 29.5. The molecule has 2 heterocycles. The smallest absolute Gasteiger partial charge is 0.338 e. The zero-order valence-corrected chi connectivity index (χ0v) is 24.2. The van der Waals surface area contributed by atoms with Crippen molar-refractivity contribution in [3.05, 3.63) is 91.8 Å². The highest BCUT2D eigenvalue weighted by Crippen LogP contribution is 2.34. The highest BCUT2D eigenvalue weighted by Gasteiger charge is 2.32. The number of hydrogen-bond acceptors (Lipinski definition) is 9. The van der Waals surface area contributed by atoms with Crippen LogP contribution in [0.5, 0.6) is 5.75 Å². The molecule has 0 aliphatic carbocycles. The molecule has 1 atom stereocenters. The molecule has 0 spiro atoms. The van der Waals surface area contributed by atoms with Crippen LogP contribution in [0.3, 0.4) is 0 Å². The van der Waals surface area contributed by atoms with Crippen molar-refractivity contribution < 1.29 is 28.4 Å². The van der Waals surface area contributed by atoms with Crippen molar-refractivity contribution in [1.82, 2.24) is 16.1 Å². The van der Waals surface area contributed by atoms with E-state index in [2.05, 4.69) is 37.1 Å². The number of nitro benzene ring substituents is 1. The van der Waals surface area contributed by atoms with Crippen molar-refractivity contribution in [3.8, 4) is 17.1 Å². The molecule has 212 valence electrons. The van der Waals surface area contributed by atoms with Gasteiger partial charge in [-0.1, -0.05) is 18.2 Å². The van der Waals surface area contributed by atoms with Crippen LogP contribution >= 0.6 is 28.1 Å². The van der Waals surface area contributed by atoms with E-state index >= 15 is 0 Å². The van der Waals surface area contributed by atoms with Crippen LogP contribution in [0.15, 0.2) is 79.9 Å². The molecule has 0 radical (unpaired) electrons. The van der Waals surface area contributed by atoms with Gasteiger partial charge in [-0.2, -0.15) is 5.10 Å². The third-order valence-corrected chi connectivity index (χ3v) is 6.67. The number of benzene rings is 2. The van der Waals surface area contributed by atoms with Crippen LogP contribution in [0.25, 0.3) is 11.3 Å². The number of amides is 1. The summed E-state index contributed by atoms with van der Waals surface area (Å²) in [6.07, 6.45) is 1.31. The molecule has 4 rings (SSSR count). The summed E-state index contributed by atoms with van der Waals surface area (Å²) in [6, 6.07) is 14.0. The van der Waals surface area contributed by atoms with Gasteiger partial charge in [0.2, 0.25) is 0 Å². The van der Waals surface area contributed by atoms with Crippen molar-refractivity contribution in [3.63, 3.8) is 0 Å². The van der Waals surface area contributed by atoms with Gasteiger partial charge >= 0.3 is 5.97 Å². The van der Waals surface area contributed by atoms with E-state index in [0.29, 0.717) is 49.3 Å². The van der Waals surface area contributed by atoms with E-state index < -0.39 is 22.8 Å². The molecule has 3 N–H and O–H groups in total. The van der Waals surface area contributed by atoms with E-state index in [1.165, 1.54) is 18.3 Å². The number of hydrogen-bond donors (Lipinski definition) is 3. The van der Waals surface area contributed by atoms with E-state index in [1.807, 2.05) is 0 Å². The molecule has 0 saturated heterocycles. The summed E-state index contributed by atoms with van der Waals surface area (Å²) in [7, 11) is 0. The van der Waals surface area contributed by atoms with Gasteiger partial charge in [0.25, 0.3) is 11.6 Å². The lowest BCUT2D eigenvalue weighted by Gasteiger charge is -2.30. The number of carbonyl (C=O) groups excluding carboxylic acids is 2. The zero-order valence-electron chi connectivity index (χ0n) is 21.8. The van der Waals surface area contributed by atoms with Crippen LogP contribution in [0.4, 0.5) is 5.69 Å². The highest BCUT2D eigenvalue weighted by molar-refractivity contribution is 9.10. The Kier molecular flexibility index (Phi) is 9.47. The minimum absolute atomic E-state index is 0.0528. The summed E-state index contributed by atoms with van der Waals surface area (Å²) in [5.74, 6) is 0.136. The van der Waals surface area contributed by atoms with Crippen LogP contribution < -0.4 is 20.8 Å². The normalized spacial score (nSPS) is 14.8. The summed E-state index contributed by atoms with van der Waals surface area (Å²) in [5, 5.41) is 21.2. The fourth-order valence-electron chi connectivity index (χ4n) is 3.98. The molecule has 0 fully saturated rings. The predicted molar refractivity (Wildman–Crippen MR) is 157 cm³/mol. The number of allylic oxidation sites excluding steroid dienone is 1. The fourth-order valence-corrected chi connectivity index (χ4v) is 4.82. The summed E-state index contributed by atoms with van der Waals surface area (Å²) in [5.41, 5.74) is 4.44. The van der Waals surface area contributed by atoms with Gasteiger partial charge < -0.3 is 24.5 Å². The van der Waals surface area contributed by atoms with Gasteiger partial charge in [0.1, 0.15) is 17.3 Å². The van der Waals surface area contributed by atoms with Gasteiger partial charge in [-0.05, 0) is 66.3 Å². The summed E-state index contributed by atoms with van der Waals surface area (Å²) in [6.45, 7) is 3.30. The maximum absolute atomic E-state index is 12.7. The number of hydrazone groups is 1. The number of nitrogens with zero attached hydrogens (tertiary/aromatic N) is 2. The molecule has 0 unspecified atom stereocenters. The van der Waals surface area contributed by atoms with Crippen molar-refractivity contribution in [1.29, 1.82) is 0 Å². The van der Waals surface area contributed by atoms with E-state index in [-0.39, 0.29) is 18.9 Å². The van der Waals surface area contributed by atoms with Crippen molar-refractivity contribution in [2.45, 2.75) is 19.9 Å². The van der Waals surface area contributed by atoms with Crippen molar-refractivity contribution in [2.24, 2.45) is 5.10 Å². The lowest BCUT2D eigenvalue weighted by atomic mass is 9.95. The van der Waals surface area contributed by atoms with Gasteiger partial charge in [-0.15, -0.1) is 0 Å². The lowest BCUT2D eigenvalue weighted by Crippen LogP contribution is -2.45. The fraction of sp³-hybridized carbons (Fsp3) is 0.185. The lowest BCUT2D eigenvalue weighted by molar-refractivity contribution is -0.384. The van der Waals surface area contributed by atoms with E-state index in [1.54, 1.807) is 56.3 Å². The molecule has 12 nitrogen and oxygen atoms in total. The monoisotopic (exact) mass is 641 g/mol. The van der Waals surface area contributed by atoms with Crippen LogP contribution in [0.2, 0.25) is 0 Å². The molecule has 0 bridgehead atoms. The number of rotatable bonds is 10. The Hall–Kier alpha value is -4.56. The van der Waals surface area contributed by atoms with E-state index in [0.717, 1.165) is 0 Å². The first-order chi connectivity index (χ1) is 19.7. The van der Waals surface area contributed by atoms with Crippen LogP contribution in [0, 0.1) is 10.1 Å². The number of furan rings is 1. The largest absolute Gasteiger partial charge is 0.483 e. The first-order valence-corrected chi connectivity index (χ1v) is 13.4. The van der Waals surface area contributed by atoms with Crippen LogP contribution in [0.1, 0.15) is 31.2 Å². The Balaban J connectivity index is 1.40. The second-order valence-corrected chi connectivity index (χ2v) is 9.80. The quantitative estimate of drug-likeness (QED) is 0.0946. The highest BCUT2D eigenvalue weighted by atomic mass is 79.9. The second-order valence-electron chi connectivity index (χ2n) is 8.53. The predicted octanol–water partition coefficient (Wildman–Crippen LogP) is 4.50. The first-order valence-electron chi connectivity index (χ1n) is 12.2. The Morgan fingerprint density at radius 3 is 2.76 bits per heavy atom. The van der Waals surface area contributed by atoms with Crippen molar-refractivity contribution in [2.75, 3.05) is 13.2 Å². The first kappa shape index (κ1) is 29.4. The molecule has 1 aliphatic rings. The number of nitro groups is 1. The second kappa shape index (κ2) is 13.2. The van der Waals surface area contributed by atoms with E-state index in [4.69, 9.17) is 26.1 Å². The molecule has 41 heavy (non-hydrogen) atoms. The third-order valence-electron chi connectivity index (χ3n) is 5.79. The number of thiocarbonyl (C=S) groups is 1. The van der Waals surface area contributed by atoms with Crippen LogP contribution in [-0.2, 0) is 14.3 Å². The molecule has 1 amide bonds. The maximum Gasteiger partial charge on any atom is 0.338 e. The summed E-state index contributed by atoms with van der Waals surface area (Å²) >= 11 is 8.60. The maximum atomic E-state index is 12.7. The average molecular weight is 642 g/mol. The Bertz CT molecular complexity index is 1570. The molecule has 3 aromatic rings. The minimum Gasteiger partial charge on any atom is -0.483 e.